The number of carbonyl (C=O) groups excluding carboxylic acids is 1. The van der Waals surface area contributed by atoms with Crippen LogP contribution in [0.4, 0.5) is 30.7 Å². The maximum atomic E-state index is 14.8. The van der Waals surface area contributed by atoms with Crippen molar-refractivity contribution in [2.24, 2.45) is 5.16 Å². The summed E-state index contributed by atoms with van der Waals surface area (Å²) in [4.78, 5) is 11.3. The fourth-order valence-corrected chi connectivity index (χ4v) is 4.30. The lowest BCUT2D eigenvalue weighted by molar-refractivity contribution is -0.336. The normalized spacial score (nSPS) is 14.1. The molecule has 0 unspecified atom stereocenters. The predicted molar refractivity (Wildman–Crippen MR) is 122 cm³/mol. The zero-order chi connectivity index (χ0) is 28.5. The monoisotopic (exact) mass is 567 g/mol. The van der Waals surface area contributed by atoms with Gasteiger partial charge in [0.05, 0.1) is 12.4 Å². The Morgan fingerprint density at radius 2 is 1.63 bits per heavy atom. The fourth-order valence-electron chi connectivity index (χ4n) is 3.57. The van der Waals surface area contributed by atoms with Crippen molar-refractivity contribution in [1.82, 2.24) is 0 Å². The van der Waals surface area contributed by atoms with Gasteiger partial charge in [0.15, 0.2) is 5.71 Å². The van der Waals surface area contributed by atoms with E-state index in [4.69, 9.17) is 0 Å². The SMILES string of the molecule is C=C(C)C(=O)OCCCS(=O)(=O)O/N=C(/c1ccc2c(c1)Cc1ccccc1-2)C(F)(F)C(F)(F)C(F)(F)F. The van der Waals surface area contributed by atoms with Gasteiger partial charge < -0.3 is 4.74 Å². The van der Waals surface area contributed by atoms with Crippen molar-refractivity contribution in [3.05, 3.63) is 71.3 Å². The van der Waals surface area contributed by atoms with Gasteiger partial charge in [-0.25, -0.2) is 4.79 Å². The Morgan fingerprint density at radius 3 is 2.26 bits per heavy atom. The third-order valence-corrected chi connectivity index (χ3v) is 6.57. The number of nitrogens with zero attached hydrogens (tertiary/aromatic N) is 1. The number of halogens is 7. The maximum Gasteiger partial charge on any atom is 0.460 e. The number of rotatable bonds is 10. The minimum atomic E-state index is -6.70. The molecule has 1 aliphatic rings. The van der Waals surface area contributed by atoms with Gasteiger partial charge in [0.2, 0.25) is 0 Å². The first-order valence-electron chi connectivity index (χ1n) is 10.8. The Labute approximate surface area is 212 Å². The average molecular weight is 567 g/mol. The number of hydrogen-bond donors (Lipinski definition) is 0. The van der Waals surface area contributed by atoms with Crippen molar-refractivity contribution in [2.45, 2.75) is 37.8 Å². The van der Waals surface area contributed by atoms with Crippen LogP contribution < -0.4 is 0 Å². The van der Waals surface area contributed by atoms with Crippen LogP contribution >= 0.6 is 0 Å². The van der Waals surface area contributed by atoms with Gasteiger partial charge >= 0.3 is 34.1 Å². The van der Waals surface area contributed by atoms with Crippen molar-refractivity contribution >= 4 is 21.8 Å². The molecule has 0 radical (unpaired) electrons. The Kier molecular flexibility index (Phi) is 7.97. The third kappa shape index (κ3) is 5.84. The molecular formula is C24H20F7NO5S. The summed E-state index contributed by atoms with van der Waals surface area (Å²) in [6.07, 6.45) is -6.95. The highest BCUT2D eigenvalue weighted by atomic mass is 32.2. The third-order valence-electron chi connectivity index (χ3n) is 5.48. The molecule has 0 aliphatic heterocycles. The molecule has 1 aliphatic carbocycles. The molecule has 0 N–H and O–H groups in total. The van der Waals surface area contributed by atoms with Crippen LogP contribution in [0.3, 0.4) is 0 Å². The number of hydrogen-bond acceptors (Lipinski definition) is 6. The molecule has 0 saturated carbocycles. The lowest BCUT2D eigenvalue weighted by Crippen LogP contribution is -2.56. The van der Waals surface area contributed by atoms with Gasteiger partial charge in [-0.15, -0.1) is 0 Å². The highest BCUT2D eigenvalue weighted by molar-refractivity contribution is 7.86. The van der Waals surface area contributed by atoms with Gasteiger partial charge in [0.25, 0.3) is 0 Å². The summed E-state index contributed by atoms with van der Waals surface area (Å²) in [5.41, 5.74) is -0.768. The van der Waals surface area contributed by atoms with E-state index in [-0.39, 0.29) is 12.0 Å². The Balaban J connectivity index is 1.95. The summed E-state index contributed by atoms with van der Waals surface area (Å²) < 4.78 is 129. The lowest BCUT2D eigenvalue weighted by atomic mass is 9.95. The van der Waals surface area contributed by atoms with Crippen molar-refractivity contribution in [3.63, 3.8) is 0 Å². The molecule has 0 spiro atoms. The van der Waals surface area contributed by atoms with Crippen LogP contribution in [0.1, 0.15) is 30.0 Å². The zero-order valence-electron chi connectivity index (χ0n) is 19.6. The first-order valence-corrected chi connectivity index (χ1v) is 12.4. The predicted octanol–water partition coefficient (Wildman–Crippen LogP) is 5.65. The summed E-state index contributed by atoms with van der Waals surface area (Å²) in [7, 11) is -4.86. The van der Waals surface area contributed by atoms with Crippen LogP contribution in [-0.2, 0) is 30.4 Å². The maximum absolute atomic E-state index is 14.8. The van der Waals surface area contributed by atoms with Gasteiger partial charge in [-0.1, -0.05) is 48.1 Å². The quantitative estimate of drug-likeness (QED) is 0.0790. The number of ether oxygens (including phenoxy) is 1. The molecule has 6 nitrogen and oxygen atoms in total. The van der Waals surface area contributed by atoms with E-state index in [1.165, 1.54) is 13.0 Å². The van der Waals surface area contributed by atoms with Gasteiger partial charge in [-0.2, -0.15) is 39.2 Å². The van der Waals surface area contributed by atoms with Crippen LogP contribution in [0.25, 0.3) is 11.1 Å². The van der Waals surface area contributed by atoms with Crippen molar-refractivity contribution in [2.75, 3.05) is 12.4 Å². The molecule has 206 valence electrons. The van der Waals surface area contributed by atoms with E-state index >= 15 is 0 Å². The lowest BCUT2D eigenvalue weighted by Gasteiger charge is -2.28. The zero-order valence-corrected chi connectivity index (χ0v) is 20.4. The minimum Gasteiger partial charge on any atom is -0.462 e. The van der Waals surface area contributed by atoms with E-state index in [2.05, 4.69) is 20.8 Å². The number of oxime groups is 1. The van der Waals surface area contributed by atoms with E-state index in [9.17, 15) is 43.9 Å². The van der Waals surface area contributed by atoms with Gasteiger partial charge in [0, 0.05) is 11.1 Å². The summed E-state index contributed by atoms with van der Waals surface area (Å²) >= 11 is 0. The van der Waals surface area contributed by atoms with E-state index in [0.29, 0.717) is 16.7 Å². The molecule has 2 aromatic carbocycles. The highest BCUT2D eigenvalue weighted by Crippen LogP contribution is 2.48. The van der Waals surface area contributed by atoms with Crippen LogP contribution in [0.15, 0.2) is 59.8 Å². The fraction of sp³-hybridized carbons (Fsp3) is 0.333. The summed E-state index contributed by atoms with van der Waals surface area (Å²) in [5, 5.41) is 2.61. The van der Waals surface area contributed by atoms with Gasteiger partial charge in [-0.3, -0.25) is 4.28 Å². The van der Waals surface area contributed by atoms with Crippen LogP contribution in [0.5, 0.6) is 0 Å². The van der Waals surface area contributed by atoms with Crippen molar-refractivity contribution in [3.8, 4) is 11.1 Å². The van der Waals surface area contributed by atoms with E-state index in [1.54, 1.807) is 24.3 Å². The van der Waals surface area contributed by atoms with Crippen LogP contribution in [0, 0.1) is 0 Å². The topological polar surface area (TPSA) is 82.0 Å². The van der Waals surface area contributed by atoms with Crippen LogP contribution in [-0.4, -0.2) is 50.5 Å². The molecule has 3 rings (SSSR count). The van der Waals surface area contributed by atoms with E-state index in [0.717, 1.165) is 17.7 Å². The number of alkyl halides is 7. The molecule has 0 aromatic heterocycles. The molecule has 0 fully saturated rings. The van der Waals surface area contributed by atoms with Gasteiger partial charge in [0.1, 0.15) is 0 Å². The average Bonchev–Trinajstić information content (AvgIpc) is 3.18. The van der Waals surface area contributed by atoms with Crippen molar-refractivity contribution < 1.29 is 53.0 Å². The second-order valence-corrected chi connectivity index (χ2v) is 10.1. The summed E-state index contributed by atoms with van der Waals surface area (Å²) in [6.45, 7) is 4.17. The smallest absolute Gasteiger partial charge is 0.460 e. The van der Waals surface area contributed by atoms with Crippen LogP contribution in [0.2, 0.25) is 0 Å². The molecule has 0 bridgehead atoms. The van der Waals surface area contributed by atoms with Crippen molar-refractivity contribution in [1.29, 1.82) is 0 Å². The van der Waals surface area contributed by atoms with Gasteiger partial charge in [-0.05, 0) is 48.1 Å². The minimum absolute atomic E-state index is 0.0172. The summed E-state index contributed by atoms with van der Waals surface area (Å²) in [6, 6.07) is 9.83. The standard InChI is InChI=1S/C24H20F7NO5S/c1-14(2)21(33)36-10-5-11-38(34,35)37-32-20(22(25,26)23(27,28)24(29,30)31)16-8-9-19-17(13-16)12-15-6-3-4-7-18(15)19/h3-4,6-9,13H,1,5,10-12H2,2H3/b32-20-. The molecule has 0 amide bonds. The first kappa shape index (κ1) is 29.1. The van der Waals surface area contributed by atoms with E-state index < -0.39 is 64.2 Å². The molecule has 14 heteroatoms. The Bertz CT molecular complexity index is 1380. The molecule has 0 atom stereocenters. The molecule has 0 saturated heterocycles. The number of carbonyl (C=O) groups is 1. The molecule has 38 heavy (non-hydrogen) atoms. The van der Waals surface area contributed by atoms with E-state index in [1.807, 2.05) is 0 Å². The number of benzene rings is 2. The molecular weight excluding hydrogens is 547 g/mol. The second-order valence-electron chi connectivity index (χ2n) is 8.40. The highest BCUT2D eigenvalue weighted by Gasteiger charge is 2.75. The Morgan fingerprint density at radius 1 is 1.00 bits per heavy atom. The second kappa shape index (κ2) is 10.4. The first-order chi connectivity index (χ1) is 17.5. The summed E-state index contributed by atoms with van der Waals surface area (Å²) in [5.74, 6) is -14.5. The number of esters is 1. The Hall–Kier alpha value is -3.42. The number of fused-ring (bicyclic) bond motifs is 3. The largest absolute Gasteiger partial charge is 0.462 e. The molecule has 0 heterocycles. The molecule has 2 aromatic rings.